The number of nitrogens with one attached hydrogen (secondary N) is 1. The molecule has 18 heavy (non-hydrogen) atoms. The van der Waals surface area contributed by atoms with Crippen molar-refractivity contribution in [1.82, 2.24) is 0 Å². The molecule has 0 bridgehead atoms. The first-order valence-electron chi connectivity index (χ1n) is 5.68. The number of ether oxygens (including phenoxy) is 2. The molecule has 1 N–H and O–H groups in total. The lowest BCUT2D eigenvalue weighted by molar-refractivity contribution is -0.274. The average Bonchev–Trinajstić information content (AvgIpc) is 2.29. The summed E-state index contributed by atoms with van der Waals surface area (Å²) in [6, 6.07) is 5.59. The van der Waals surface area contributed by atoms with Gasteiger partial charge in [0.1, 0.15) is 5.75 Å². The Morgan fingerprint density at radius 2 is 1.78 bits per heavy atom. The molecule has 0 aliphatic heterocycles. The predicted molar refractivity (Wildman–Crippen MR) is 62.7 cm³/mol. The highest BCUT2D eigenvalue weighted by Crippen LogP contribution is 2.23. The summed E-state index contributed by atoms with van der Waals surface area (Å²) in [5.74, 6) is -0.227. The van der Waals surface area contributed by atoms with Gasteiger partial charge in [-0.3, -0.25) is 0 Å². The van der Waals surface area contributed by atoms with E-state index in [1.54, 1.807) is 0 Å². The van der Waals surface area contributed by atoms with Crippen LogP contribution in [0.25, 0.3) is 0 Å². The fourth-order valence-corrected chi connectivity index (χ4v) is 1.29. The van der Waals surface area contributed by atoms with E-state index in [-0.39, 0.29) is 5.75 Å². The van der Waals surface area contributed by atoms with Crippen LogP contribution in [0.2, 0.25) is 0 Å². The van der Waals surface area contributed by atoms with Crippen molar-refractivity contribution >= 4 is 5.69 Å². The summed E-state index contributed by atoms with van der Waals surface area (Å²) in [5.41, 5.74) is 0.727. The van der Waals surface area contributed by atoms with Gasteiger partial charge >= 0.3 is 6.36 Å². The molecular formula is C12H16F3NO2. The Morgan fingerprint density at radius 1 is 1.11 bits per heavy atom. The van der Waals surface area contributed by atoms with E-state index in [9.17, 15) is 13.2 Å². The van der Waals surface area contributed by atoms with E-state index in [1.165, 1.54) is 24.3 Å². The Balaban J connectivity index is 2.32. The van der Waals surface area contributed by atoms with Crippen molar-refractivity contribution in [1.29, 1.82) is 0 Å². The first-order valence-corrected chi connectivity index (χ1v) is 5.68. The van der Waals surface area contributed by atoms with Crippen molar-refractivity contribution in [3.8, 4) is 5.75 Å². The third-order valence-corrected chi connectivity index (χ3v) is 2.01. The third-order valence-electron chi connectivity index (χ3n) is 2.01. The van der Waals surface area contributed by atoms with E-state index in [2.05, 4.69) is 10.1 Å². The zero-order chi connectivity index (χ0) is 13.4. The maximum absolute atomic E-state index is 11.9. The van der Waals surface area contributed by atoms with Crippen LogP contribution in [0.3, 0.4) is 0 Å². The second-order valence-electron chi connectivity index (χ2n) is 3.61. The molecule has 1 rings (SSSR count). The molecule has 1 aromatic rings. The number of hydrogen-bond acceptors (Lipinski definition) is 3. The summed E-state index contributed by atoms with van der Waals surface area (Å²) >= 11 is 0. The van der Waals surface area contributed by atoms with Gasteiger partial charge < -0.3 is 14.8 Å². The molecule has 0 heterocycles. The lowest BCUT2D eigenvalue weighted by Crippen LogP contribution is -2.17. The van der Waals surface area contributed by atoms with Gasteiger partial charge in [-0.05, 0) is 30.7 Å². The predicted octanol–water partition coefficient (Wildman–Crippen LogP) is 3.42. The highest BCUT2D eigenvalue weighted by atomic mass is 19.4. The van der Waals surface area contributed by atoms with Crippen molar-refractivity contribution in [3.63, 3.8) is 0 Å². The van der Waals surface area contributed by atoms with Crippen LogP contribution in [0.5, 0.6) is 5.75 Å². The van der Waals surface area contributed by atoms with Gasteiger partial charge in [-0.15, -0.1) is 13.2 Å². The quantitative estimate of drug-likeness (QED) is 0.764. The van der Waals surface area contributed by atoms with Crippen molar-refractivity contribution in [3.05, 3.63) is 24.3 Å². The number of anilines is 1. The summed E-state index contributed by atoms with van der Waals surface area (Å²) in [7, 11) is 0. The fraction of sp³-hybridized carbons (Fsp3) is 0.500. The van der Waals surface area contributed by atoms with Gasteiger partial charge in [0, 0.05) is 18.8 Å². The molecule has 0 radical (unpaired) electrons. The number of rotatable bonds is 7. The molecule has 0 saturated carbocycles. The summed E-state index contributed by atoms with van der Waals surface area (Å²) in [6.07, 6.45) is -3.69. The summed E-state index contributed by atoms with van der Waals surface area (Å²) in [5, 5.41) is 3.03. The number of hydrogen-bond donors (Lipinski definition) is 1. The van der Waals surface area contributed by atoms with Crippen molar-refractivity contribution in [2.24, 2.45) is 0 Å². The molecule has 0 aliphatic carbocycles. The van der Waals surface area contributed by atoms with E-state index >= 15 is 0 Å². The Hall–Kier alpha value is -1.43. The van der Waals surface area contributed by atoms with Gasteiger partial charge in [0.25, 0.3) is 0 Å². The summed E-state index contributed by atoms with van der Waals surface area (Å²) in [4.78, 5) is 0. The molecule has 0 aromatic heterocycles. The van der Waals surface area contributed by atoms with E-state index in [4.69, 9.17) is 4.74 Å². The van der Waals surface area contributed by atoms with Crippen LogP contribution in [-0.4, -0.2) is 26.1 Å². The van der Waals surface area contributed by atoms with Gasteiger partial charge in [0.05, 0.1) is 6.61 Å². The van der Waals surface area contributed by atoms with E-state index in [0.717, 1.165) is 12.1 Å². The summed E-state index contributed by atoms with van der Waals surface area (Å²) in [6.45, 7) is 3.90. The number of alkyl halides is 3. The van der Waals surface area contributed by atoms with Crippen LogP contribution in [0, 0.1) is 0 Å². The molecule has 3 nitrogen and oxygen atoms in total. The van der Waals surface area contributed by atoms with Crippen LogP contribution in [0.4, 0.5) is 18.9 Å². The zero-order valence-electron chi connectivity index (χ0n) is 10.1. The van der Waals surface area contributed by atoms with Crippen LogP contribution >= 0.6 is 0 Å². The highest BCUT2D eigenvalue weighted by Gasteiger charge is 2.30. The Labute approximate surface area is 104 Å². The molecule has 0 fully saturated rings. The topological polar surface area (TPSA) is 30.5 Å². The van der Waals surface area contributed by atoms with Crippen molar-refractivity contribution in [2.45, 2.75) is 19.7 Å². The average molecular weight is 263 g/mol. The monoisotopic (exact) mass is 263 g/mol. The second-order valence-corrected chi connectivity index (χ2v) is 3.61. The van der Waals surface area contributed by atoms with E-state index in [1.807, 2.05) is 6.92 Å². The fourth-order valence-electron chi connectivity index (χ4n) is 1.29. The minimum absolute atomic E-state index is 0.227. The Morgan fingerprint density at radius 3 is 2.33 bits per heavy atom. The van der Waals surface area contributed by atoms with Crippen LogP contribution in [0.15, 0.2) is 24.3 Å². The molecule has 0 spiro atoms. The second kappa shape index (κ2) is 7.10. The lowest BCUT2D eigenvalue weighted by atomic mass is 10.3. The van der Waals surface area contributed by atoms with Gasteiger partial charge in [-0.25, -0.2) is 0 Å². The molecule has 0 aliphatic rings. The lowest BCUT2D eigenvalue weighted by Gasteiger charge is -2.10. The minimum atomic E-state index is -4.65. The molecule has 0 unspecified atom stereocenters. The maximum atomic E-state index is 11.9. The van der Waals surface area contributed by atoms with E-state index in [0.29, 0.717) is 19.8 Å². The van der Waals surface area contributed by atoms with Gasteiger partial charge in [0.2, 0.25) is 0 Å². The first-order chi connectivity index (χ1) is 8.51. The normalized spacial score (nSPS) is 11.3. The van der Waals surface area contributed by atoms with Crippen molar-refractivity contribution in [2.75, 3.05) is 25.1 Å². The SMILES string of the molecule is CCCOCCNc1ccc(OC(F)(F)F)cc1. The Kier molecular flexibility index (Phi) is 5.77. The minimum Gasteiger partial charge on any atom is -0.406 e. The first kappa shape index (κ1) is 14.6. The molecule has 0 amide bonds. The third kappa shape index (κ3) is 6.34. The number of benzene rings is 1. The Bertz CT molecular complexity index is 338. The molecule has 0 saturated heterocycles. The molecule has 1 aromatic carbocycles. The van der Waals surface area contributed by atoms with E-state index < -0.39 is 6.36 Å². The van der Waals surface area contributed by atoms with Gasteiger partial charge in [-0.2, -0.15) is 0 Å². The van der Waals surface area contributed by atoms with Gasteiger partial charge in [0.15, 0.2) is 0 Å². The van der Waals surface area contributed by atoms with Crippen LogP contribution in [-0.2, 0) is 4.74 Å². The molecule has 0 atom stereocenters. The largest absolute Gasteiger partial charge is 0.573 e. The maximum Gasteiger partial charge on any atom is 0.573 e. The smallest absolute Gasteiger partial charge is 0.406 e. The zero-order valence-corrected chi connectivity index (χ0v) is 10.1. The van der Waals surface area contributed by atoms with Crippen LogP contribution < -0.4 is 10.1 Å². The molecular weight excluding hydrogens is 247 g/mol. The number of halogens is 3. The molecule has 6 heteroatoms. The summed E-state index contributed by atoms with van der Waals surface area (Å²) < 4.78 is 44.7. The standard InChI is InChI=1S/C12H16F3NO2/c1-2-8-17-9-7-16-10-3-5-11(6-4-10)18-12(13,14)15/h3-6,16H,2,7-9H2,1H3. The molecule has 102 valence electrons. The van der Waals surface area contributed by atoms with Crippen molar-refractivity contribution < 1.29 is 22.6 Å². The van der Waals surface area contributed by atoms with Gasteiger partial charge in [-0.1, -0.05) is 6.92 Å². The van der Waals surface area contributed by atoms with Crippen LogP contribution in [0.1, 0.15) is 13.3 Å². The highest BCUT2D eigenvalue weighted by molar-refractivity contribution is 5.46.